The van der Waals surface area contributed by atoms with Crippen LogP contribution in [-0.4, -0.2) is 41.4 Å². The van der Waals surface area contributed by atoms with E-state index in [4.69, 9.17) is 9.47 Å². The maximum Gasteiger partial charge on any atom is 0.253 e. The molecule has 158 valence electrons. The third-order valence-electron chi connectivity index (χ3n) is 5.17. The zero-order valence-corrected chi connectivity index (χ0v) is 18.3. The van der Waals surface area contributed by atoms with Crippen LogP contribution in [0.3, 0.4) is 0 Å². The number of nitrogens with zero attached hydrogens (tertiary/aromatic N) is 3. The molecule has 0 saturated carbocycles. The lowest BCUT2D eigenvalue weighted by Crippen LogP contribution is -2.27. The first kappa shape index (κ1) is 21.6. The van der Waals surface area contributed by atoms with Gasteiger partial charge in [-0.1, -0.05) is 18.2 Å². The van der Waals surface area contributed by atoms with Crippen molar-refractivity contribution in [1.82, 2.24) is 14.7 Å². The van der Waals surface area contributed by atoms with Crippen molar-refractivity contribution < 1.29 is 14.3 Å². The van der Waals surface area contributed by atoms with Gasteiger partial charge < -0.3 is 14.4 Å². The van der Waals surface area contributed by atoms with Gasteiger partial charge in [0, 0.05) is 42.6 Å². The summed E-state index contributed by atoms with van der Waals surface area (Å²) in [5.74, 6) is 0.667. The highest BCUT2D eigenvalue weighted by Crippen LogP contribution is 2.23. The normalized spacial score (nSPS) is 10.8. The molecule has 3 aromatic rings. The molecule has 1 heterocycles. The molecular weight excluding hydrogens is 378 g/mol. The van der Waals surface area contributed by atoms with Gasteiger partial charge in [0.25, 0.3) is 5.91 Å². The van der Waals surface area contributed by atoms with Crippen LogP contribution in [0.15, 0.2) is 48.5 Å². The molecule has 0 aliphatic heterocycles. The number of methoxy groups -OCH3 is 1. The van der Waals surface area contributed by atoms with E-state index in [1.807, 2.05) is 75.0 Å². The number of carbonyl (C=O) groups is 1. The average Bonchev–Trinajstić information content (AvgIpc) is 3.05. The quantitative estimate of drug-likeness (QED) is 0.558. The van der Waals surface area contributed by atoms with Gasteiger partial charge in [0.15, 0.2) is 0 Å². The smallest absolute Gasteiger partial charge is 0.253 e. The van der Waals surface area contributed by atoms with Crippen LogP contribution in [-0.2, 0) is 17.9 Å². The lowest BCUT2D eigenvalue weighted by Gasteiger charge is -2.19. The van der Waals surface area contributed by atoms with Crippen LogP contribution < -0.4 is 4.74 Å². The lowest BCUT2D eigenvalue weighted by atomic mass is 10.1. The predicted octanol–water partition coefficient (Wildman–Crippen LogP) is 4.31. The van der Waals surface area contributed by atoms with E-state index in [9.17, 15) is 4.79 Å². The van der Waals surface area contributed by atoms with E-state index in [1.54, 1.807) is 18.1 Å². The largest absolute Gasteiger partial charge is 0.496 e. The van der Waals surface area contributed by atoms with E-state index < -0.39 is 0 Å². The van der Waals surface area contributed by atoms with Crippen molar-refractivity contribution in [1.29, 1.82) is 0 Å². The van der Waals surface area contributed by atoms with Gasteiger partial charge >= 0.3 is 0 Å². The van der Waals surface area contributed by atoms with E-state index in [0.717, 1.165) is 34.0 Å². The Morgan fingerprint density at radius 2 is 1.87 bits per heavy atom. The summed E-state index contributed by atoms with van der Waals surface area (Å²) in [6.45, 7) is 7.45. The fourth-order valence-corrected chi connectivity index (χ4v) is 3.49. The molecule has 1 aromatic heterocycles. The molecule has 0 aliphatic carbocycles. The summed E-state index contributed by atoms with van der Waals surface area (Å²) >= 11 is 0. The number of aromatic nitrogens is 2. The van der Waals surface area contributed by atoms with Crippen molar-refractivity contribution in [3.63, 3.8) is 0 Å². The summed E-state index contributed by atoms with van der Waals surface area (Å²) in [7, 11) is 3.43. The minimum atomic E-state index is -0.0540. The molecule has 30 heavy (non-hydrogen) atoms. The molecule has 0 fully saturated rings. The van der Waals surface area contributed by atoms with Gasteiger partial charge in [-0.15, -0.1) is 0 Å². The van der Waals surface area contributed by atoms with Gasteiger partial charge in [0.2, 0.25) is 0 Å². The molecule has 0 atom stereocenters. The molecule has 0 unspecified atom stereocenters. The first-order chi connectivity index (χ1) is 14.5. The van der Waals surface area contributed by atoms with Gasteiger partial charge in [0.05, 0.1) is 25.1 Å². The predicted molar refractivity (Wildman–Crippen MR) is 117 cm³/mol. The third-order valence-corrected chi connectivity index (χ3v) is 5.17. The second-order valence-electron chi connectivity index (χ2n) is 7.22. The van der Waals surface area contributed by atoms with Crippen LogP contribution >= 0.6 is 0 Å². The second kappa shape index (κ2) is 9.59. The highest BCUT2D eigenvalue weighted by atomic mass is 16.5. The number of rotatable bonds is 8. The standard InChI is InChI=1S/C24H29N3O3/c1-6-30-16-20-14-19(12-13-23(20)29-5)24(28)26(4)15-22-17(2)25-27(18(22)3)21-10-8-7-9-11-21/h7-14H,6,15-16H2,1-5H3. The van der Waals surface area contributed by atoms with Crippen LogP contribution in [0.5, 0.6) is 5.75 Å². The van der Waals surface area contributed by atoms with Gasteiger partial charge in [0.1, 0.15) is 5.75 Å². The van der Waals surface area contributed by atoms with Gasteiger partial charge in [-0.3, -0.25) is 4.79 Å². The summed E-state index contributed by atoms with van der Waals surface area (Å²) in [4.78, 5) is 14.8. The van der Waals surface area contributed by atoms with Gasteiger partial charge in [-0.05, 0) is 51.1 Å². The molecule has 2 aromatic carbocycles. The highest BCUT2D eigenvalue weighted by molar-refractivity contribution is 5.94. The Kier molecular flexibility index (Phi) is 6.90. The topological polar surface area (TPSA) is 56.6 Å². The lowest BCUT2D eigenvalue weighted by molar-refractivity contribution is 0.0784. The zero-order chi connectivity index (χ0) is 21.7. The van der Waals surface area contributed by atoms with Crippen LogP contribution in [0.4, 0.5) is 0 Å². The molecule has 1 amide bonds. The molecule has 6 heteroatoms. The van der Waals surface area contributed by atoms with Crippen molar-refractivity contribution in [3.8, 4) is 11.4 Å². The van der Waals surface area contributed by atoms with E-state index >= 15 is 0 Å². The maximum absolute atomic E-state index is 13.1. The summed E-state index contributed by atoms with van der Waals surface area (Å²) in [5, 5.41) is 4.68. The maximum atomic E-state index is 13.1. The molecule has 0 N–H and O–H groups in total. The molecule has 0 aliphatic rings. The average molecular weight is 408 g/mol. The first-order valence-electron chi connectivity index (χ1n) is 10.1. The molecule has 0 radical (unpaired) electrons. The molecule has 3 rings (SSSR count). The van der Waals surface area contributed by atoms with Crippen LogP contribution in [0.25, 0.3) is 5.69 Å². The Hall–Kier alpha value is -3.12. The van der Waals surface area contributed by atoms with E-state index in [-0.39, 0.29) is 5.91 Å². The number of para-hydroxylation sites is 1. The minimum absolute atomic E-state index is 0.0540. The molecule has 6 nitrogen and oxygen atoms in total. The summed E-state index contributed by atoms with van der Waals surface area (Å²) in [5.41, 5.74) is 5.49. The van der Waals surface area contributed by atoms with E-state index in [0.29, 0.717) is 25.3 Å². The Morgan fingerprint density at radius 3 is 2.53 bits per heavy atom. The Bertz CT molecular complexity index is 1010. The summed E-state index contributed by atoms with van der Waals surface area (Å²) in [6.07, 6.45) is 0. The molecule has 0 bridgehead atoms. The van der Waals surface area contributed by atoms with Gasteiger partial charge in [-0.2, -0.15) is 5.10 Å². The van der Waals surface area contributed by atoms with E-state index in [1.165, 1.54) is 0 Å². The van der Waals surface area contributed by atoms with E-state index in [2.05, 4.69) is 5.10 Å². The van der Waals surface area contributed by atoms with Crippen LogP contribution in [0, 0.1) is 13.8 Å². The van der Waals surface area contributed by atoms with Crippen LogP contribution in [0.2, 0.25) is 0 Å². The summed E-state index contributed by atoms with van der Waals surface area (Å²) in [6, 6.07) is 15.5. The molecular formula is C24H29N3O3. The van der Waals surface area contributed by atoms with Crippen molar-refractivity contribution in [2.24, 2.45) is 0 Å². The minimum Gasteiger partial charge on any atom is -0.496 e. The zero-order valence-electron chi connectivity index (χ0n) is 18.3. The SMILES string of the molecule is CCOCc1cc(C(=O)N(C)Cc2c(C)nn(-c3ccccc3)c2C)ccc1OC. The highest BCUT2D eigenvalue weighted by Gasteiger charge is 2.19. The van der Waals surface area contributed by atoms with Crippen molar-refractivity contribution in [2.75, 3.05) is 20.8 Å². The number of hydrogen-bond donors (Lipinski definition) is 0. The number of benzene rings is 2. The first-order valence-corrected chi connectivity index (χ1v) is 10.1. The fraction of sp³-hybridized carbons (Fsp3) is 0.333. The number of ether oxygens (including phenoxy) is 2. The van der Waals surface area contributed by atoms with Crippen molar-refractivity contribution in [2.45, 2.75) is 33.9 Å². The third kappa shape index (κ3) is 4.54. The van der Waals surface area contributed by atoms with Gasteiger partial charge in [-0.25, -0.2) is 4.68 Å². The number of amides is 1. The fourth-order valence-electron chi connectivity index (χ4n) is 3.49. The van der Waals surface area contributed by atoms with Crippen molar-refractivity contribution in [3.05, 3.63) is 76.6 Å². The number of carbonyl (C=O) groups excluding carboxylic acids is 1. The number of aryl methyl sites for hydroxylation is 1. The number of hydrogen-bond acceptors (Lipinski definition) is 4. The second-order valence-corrected chi connectivity index (χ2v) is 7.22. The van der Waals surface area contributed by atoms with Crippen LogP contribution in [0.1, 0.15) is 39.8 Å². The Labute approximate surface area is 178 Å². The molecule has 0 saturated heterocycles. The van der Waals surface area contributed by atoms with Crippen molar-refractivity contribution >= 4 is 5.91 Å². The Balaban J connectivity index is 1.82. The monoisotopic (exact) mass is 407 g/mol. The molecule has 0 spiro atoms. The summed E-state index contributed by atoms with van der Waals surface area (Å²) < 4.78 is 12.8. The Morgan fingerprint density at radius 1 is 1.13 bits per heavy atom.